The van der Waals surface area contributed by atoms with E-state index < -0.39 is 5.97 Å². The second-order valence-corrected chi connectivity index (χ2v) is 4.87. The zero-order chi connectivity index (χ0) is 15.6. The zero-order valence-corrected chi connectivity index (χ0v) is 11.7. The molecule has 0 saturated carbocycles. The minimum Gasteiger partial charge on any atom is -0.507 e. The highest BCUT2D eigenvalue weighted by Gasteiger charge is 2.12. The second-order valence-electron chi connectivity index (χ2n) is 4.87. The van der Waals surface area contributed by atoms with Crippen LogP contribution in [0.2, 0.25) is 0 Å². The molecule has 0 aromatic heterocycles. The number of rotatable bonds is 3. The van der Waals surface area contributed by atoms with Gasteiger partial charge in [0, 0.05) is 17.3 Å². The molecule has 108 valence electrons. The molecule has 2 aromatic carbocycles. The number of benzene rings is 2. The number of aryl methyl sites for hydroxylation is 2. The number of phenols is 1. The Balaban J connectivity index is 2.23. The van der Waals surface area contributed by atoms with Gasteiger partial charge in [-0.1, -0.05) is 17.2 Å². The summed E-state index contributed by atoms with van der Waals surface area (Å²) in [6.07, 6.45) is 0. The molecule has 0 atom stereocenters. The van der Waals surface area contributed by atoms with E-state index in [9.17, 15) is 14.7 Å². The third-order valence-electron chi connectivity index (χ3n) is 2.97. The van der Waals surface area contributed by atoms with Crippen LogP contribution in [0, 0.1) is 13.8 Å². The van der Waals surface area contributed by atoms with Crippen LogP contribution in [0.5, 0.6) is 5.75 Å². The maximum absolute atomic E-state index is 12.1. The lowest BCUT2D eigenvalue weighted by Crippen LogP contribution is -2.12. The molecule has 21 heavy (non-hydrogen) atoms. The highest BCUT2D eigenvalue weighted by atomic mass is 16.4. The number of carbonyl (C=O) groups excluding carboxylic acids is 1. The normalized spacial score (nSPS) is 10.2. The molecule has 0 spiro atoms. The summed E-state index contributed by atoms with van der Waals surface area (Å²) >= 11 is 0. The van der Waals surface area contributed by atoms with Gasteiger partial charge in [-0.3, -0.25) is 4.79 Å². The van der Waals surface area contributed by atoms with E-state index in [1.807, 2.05) is 19.9 Å². The van der Waals surface area contributed by atoms with E-state index in [1.54, 1.807) is 12.1 Å². The zero-order valence-electron chi connectivity index (χ0n) is 11.7. The van der Waals surface area contributed by atoms with Gasteiger partial charge in [0.1, 0.15) is 11.3 Å². The topological polar surface area (TPSA) is 86.6 Å². The fraction of sp³-hybridized carbons (Fsp3) is 0.125. The van der Waals surface area contributed by atoms with Gasteiger partial charge < -0.3 is 15.5 Å². The van der Waals surface area contributed by atoms with E-state index in [2.05, 4.69) is 5.32 Å². The van der Waals surface area contributed by atoms with Gasteiger partial charge in [0.2, 0.25) is 0 Å². The molecule has 0 fully saturated rings. The van der Waals surface area contributed by atoms with Gasteiger partial charge in [0.15, 0.2) is 0 Å². The number of aromatic carboxylic acids is 1. The van der Waals surface area contributed by atoms with Crippen molar-refractivity contribution in [3.8, 4) is 5.75 Å². The fourth-order valence-electron chi connectivity index (χ4n) is 2.10. The molecular formula is C16H15NO4. The van der Waals surface area contributed by atoms with Crippen LogP contribution < -0.4 is 5.32 Å². The number of carbonyl (C=O) groups is 2. The number of amides is 1. The standard InChI is InChI=1S/C16H15NO4/c1-9-5-10(2)7-11(6-9)15(19)17-12-3-4-13(16(20)21)14(18)8-12/h3-8,18H,1-2H3,(H,17,19)(H,20,21). The van der Waals surface area contributed by atoms with E-state index in [1.165, 1.54) is 18.2 Å². The molecule has 0 bridgehead atoms. The van der Waals surface area contributed by atoms with Crippen LogP contribution in [-0.2, 0) is 0 Å². The first-order valence-corrected chi connectivity index (χ1v) is 6.33. The molecule has 5 heteroatoms. The van der Waals surface area contributed by atoms with Crippen molar-refractivity contribution in [1.29, 1.82) is 0 Å². The second kappa shape index (κ2) is 5.66. The van der Waals surface area contributed by atoms with E-state index in [0.29, 0.717) is 11.3 Å². The minimum atomic E-state index is -1.22. The van der Waals surface area contributed by atoms with Crippen LogP contribution in [-0.4, -0.2) is 22.1 Å². The van der Waals surface area contributed by atoms with Crippen molar-refractivity contribution < 1.29 is 19.8 Å². The Hall–Kier alpha value is -2.82. The van der Waals surface area contributed by atoms with E-state index in [0.717, 1.165) is 11.1 Å². The average molecular weight is 285 g/mol. The Morgan fingerprint density at radius 1 is 1.00 bits per heavy atom. The molecule has 1 amide bonds. The lowest BCUT2D eigenvalue weighted by molar-refractivity contribution is 0.0693. The molecular weight excluding hydrogens is 270 g/mol. The Morgan fingerprint density at radius 3 is 2.14 bits per heavy atom. The largest absolute Gasteiger partial charge is 0.507 e. The van der Waals surface area contributed by atoms with Gasteiger partial charge in [0.05, 0.1) is 0 Å². The molecule has 2 rings (SSSR count). The number of anilines is 1. The summed E-state index contributed by atoms with van der Waals surface area (Å²) in [5, 5.41) is 21.1. The van der Waals surface area contributed by atoms with E-state index in [-0.39, 0.29) is 17.2 Å². The molecule has 0 radical (unpaired) electrons. The molecule has 2 aromatic rings. The van der Waals surface area contributed by atoms with Crippen LogP contribution in [0.1, 0.15) is 31.8 Å². The molecule has 5 nitrogen and oxygen atoms in total. The third kappa shape index (κ3) is 3.39. The molecule has 3 N–H and O–H groups in total. The maximum Gasteiger partial charge on any atom is 0.339 e. The predicted octanol–water partition coefficient (Wildman–Crippen LogP) is 2.96. The lowest BCUT2D eigenvalue weighted by Gasteiger charge is -2.08. The number of nitrogens with one attached hydrogen (secondary N) is 1. The molecule has 0 aliphatic rings. The summed E-state index contributed by atoms with van der Waals surface area (Å²) in [7, 11) is 0. The first-order valence-electron chi connectivity index (χ1n) is 6.33. The monoisotopic (exact) mass is 285 g/mol. The van der Waals surface area contributed by atoms with Crippen molar-refractivity contribution >= 4 is 17.6 Å². The highest BCUT2D eigenvalue weighted by molar-refractivity contribution is 6.05. The summed E-state index contributed by atoms with van der Waals surface area (Å²) in [4.78, 5) is 22.9. The molecule has 0 aliphatic heterocycles. The Kier molecular flexibility index (Phi) is 3.93. The first kappa shape index (κ1) is 14.6. The van der Waals surface area contributed by atoms with Crippen LogP contribution in [0.15, 0.2) is 36.4 Å². The van der Waals surface area contributed by atoms with Crippen LogP contribution in [0.25, 0.3) is 0 Å². The Labute approximate surface area is 121 Å². The SMILES string of the molecule is Cc1cc(C)cc(C(=O)Nc2ccc(C(=O)O)c(O)c2)c1. The average Bonchev–Trinajstić information content (AvgIpc) is 2.37. The minimum absolute atomic E-state index is 0.209. The van der Waals surface area contributed by atoms with Crippen molar-refractivity contribution in [2.24, 2.45) is 0 Å². The van der Waals surface area contributed by atoms with Crippen LogP contribution in [0.4, 0.5) is 5.69 Å². The number of aromatic hydroxyl groups is 1. The van der Waals surface area contributed by atoms with Gasteiger partial charge in [-0.2, -0.15) is 0 Å². The number of hydrogen-bond acceptors (Lipinski definition) is 3. The van der Waals surface area contributed by atoms with Gasteiger partial charge in [-0.15, -0.1) is 0 Å². The maximum atomic E-state index is 12.1. The Morgan fingerprint density at radius 2 is 1.62 bits per heavy atom. The van der Waals surface area contributed by atoms with Gasteiger partial charge in [-0.25, -0.2) is 4.79 Å². The van der Waals surface area contributed by atoms with Gasteiger partial charge in [0.25, 0.3) is 5.91 Å². The van der Waals surface area contributed by atoms with Crippen molar-refractivity contribution in [2.45, 2.75) is 13.8 Å². The molecule has 0 saturated heterocycles. The summed E-state index contributed by atoms with van der Waals surface area (Å²) in [5.74, 6) is -1.93. The summed E-state index contributed by atoms with van der Waals surface area (Å²) in [5.41, 5.74) is 2.59. The van der Waals surface area contributed by atoms with E-state index >= 15 is 0 Å². The first-order chi connectivity index (χ1) is 9.86. The van der Waals surface area contributed by atoms with Crippen molar-refractivity contribution in [3.05, 3.63) is 58.7 Å². The molecule has 0 unspecified atom stereocenters. The summed E-state index contributed by atoms with van der Waals surface area (Å²) in [6.45, 7) is 3.80. The Bertz CT molecular complexity index is 702. The van der Waals surface area contributed by atoms with E-state index in [4.69, 9.17) is 5.11 Å². The fourth-order valence-corrected chi connectivity index (χ4v) is 2.10. The lowest BCUT2D eigenvalue weighted by atomic mass is 10.1. The van der Waals surface area contributed by atoms with Gasteiger partial charge >= 0.3 is 5.97 Å². The highest BCUT2D eigenvalue weighted by Crippen LogP contribution is 2.22. The molecule has 0 aliphatic carbocycles. The van der Waals surface area contributed by atoms with Crippen molar-refractivity contribution in [1.82, 2.24) is 0 Å². The molecule has 0 heterocycles. The van der Waals surface area contributed by atoms with Crippen LogP contribution >= 0.6 is 0 Å². The predicted molar refractivity (Wildman–Crippen MR) is 78.9 cm³/mol. The summed E-state index contributed by atoms with van der Waals surface area (Å²) in [6, 6.07) is 9.37. The van der Waals surface area contributed by atoms with Crippen LogP contribution in [0.3, 0.4) is 0 Å². The number of carboxylic acid groups (broad SMARTS) is 1. The quantitative estimate of drug-likeness (QED) is 0.809. The van der Waals surface area contributed by atoms with Crippen molar-refractivity contribution in [2.75, 3.05) is 5.32 Å². The third-order valence-corrected chi connectivity index (χ3v) is 2.97. The number of carboxylic acids is 1. The van der Waals surface area contributed by atoms with Gasteiger partial charge in [-0.05, 0) is 38.1 Å². The smallest absolute Gasteiger partial charge is 0.339 e. The number of hydrogen-bond donors (Lipinski definition) is 3. The summed E-state index contributed by atoms with van der Waals surface area (Å²) < 4.78 is 0. The van der Waals surface area contributed by atoms with Crippen molar-refractivity contribution in [3.63, 3.8) is 0 Å².